The molecule has 0 saturated heterocycles. The van der Waals surface area contributed by atoms with Crippen molar-refractivity contribution in [3.63, 3.8) is 0 Å². The van der Waals surface area contributed by atoms with Crippen LogP contribution in [0.2, 0.25) is 10.0 Å². The summed E-state index contributed by atoms with van der Waals surface area (Å²) >= 11 is 12.0. The van der Waals surface area contributed by atoms with Gasteiger partial charge in [0.25, 0.3) is 0 Å². The Morgan fingerprint density at radius 1 is 0.848 bits per heavy atom. The van der Waals surface area contributed by atoms with Gasteiger partial charge in [0.05, 0.1) is 22.2 Å². The van der Waals surface area contributed by atoms with E-state index < -0.39 is 11.7 Å². The second-order valence-corrected chi connectivity index (χ2v) is 8.23. The molecular weight excluding hydrogens is 474 g/mol. The molecule has 0 unspecified atom stereocenters. The minimum atomic E-state index is -4.46. The molecule has 0 atom stereocenters. The van der Waals surface area contributed by atoms with Gasteiger partial charge >= 0.3 is 6.18 Å². The largest absolute Gasteiger partial charge is 0.472 e. The summed E-state index contributed by atoms with van der Waals surface area (Å²) in [6, 6.07) is 17.7. The van der Waals surface area contributed by atoms with Crippen LogP contribution in [0.25, 0.3) is 27.5 Å². The molecule has 2 aromatic heterocycles. The highest BCUT2D eigenvalue weighted by molar-refractivity contribution is 6.30. The maximum atomic E-state index is 13.2. The summed E-state index contributed by atoms with van der Waals surface area (Å²) in [6.07, 6.45) is -2.98. The molecule has 0 spiro atoms. The molecule has 0 fully saturated rings. The number of alkyl halides is 3. The van der Waals surface area contributed by atoms with Gasteiger partial charge in [-0.1, -0.05) is 35.3 Å². The van der Waals surface area contributed by atoms with Gasteiger partial charge in [-0.05, 0) is 60.2 Å². The van der Waals surface area contributed by atoms with Gasteiger partial charge in [-0.3, -0.25) is 4.98 Å². The zero-order valence-electron chi connectivity index (χ0n) is 16.8. The molecule has 9 heteroatoms. The summed E-state index contributed by atoms with van der Waals surface area (Å²) in [4.78, 5) is 4.26. The van der Waals surface area contributed by atoms with E-state index in [4.69, 9.17) is 27.9 Å². The quantitative estimate of drug-likeness (QED) is 0.263. The highest BCUT2D eigenvalue weighted by Gasteiger charge is 2.31. The average Bonchev–Trinajstić information content (AvgIpc) is 3.17. The van der Waals surface area contributed by atoms with Crippen LogP contribution in [0.15, 0.2) is 72.9 Å². The Balaban J connectivity index is 1.66. The van der Waals surface area contributed by atoms with Gasteiger partial charge in [0, 0.05) is 21.6 Å². The first kappa shape index (κ1) is 21.6. The van der Waals surface area contributed by atoms with Crippen LogP contribution in [0.4, 0.5) is 13.2 Å². The van der Waals surface area contributed by atoms with Crippen LogP contribution in [0, 0.1) is 0 Å². The van der Waals surface area contributed by atoms with Crippen LogP contribution in [-0.2, 0) is 12.8 Å². The third kappa shape index (κ3) is 4.21. The van der Waals surface area contributed by atoms with E-state index >= 15 is 0 Å². The highest BCUT2D eigenvalue weighted by Crippen LogP contribution is 2.36. The molecule has 5 aromatic rings. The van der Waals surface area contributed by atoms with Crippen molar-refractivity contribution in [2.75, 3.05) is 0 Å². The van der Waals surface area contributed by atoms with Crippen molar-refractivity contribution < 1.29 is 17.9 Å². The third-order valence-corrected chi connectivity index (χ3v) is 5.65. The molecule has 0 amide bonds. The van der Waals surface area contributed by atoms with Gasteiger partial charge in [-0.2, -0.15) is 23.0 Å². The second-order valence-electron chi connectivity index (χ2n) is 7.36. The smallest absolute Gasteiger partial charge is 0.416 e. The summed E-state index contributed by atoms with van der Waals surface area (Å²) in [6.45, 7) is 0.233. The lowest BCUT2D eigenvalue weighted by Gasteiger charge is -2.10. The normalized spacial score (nSPS) is 11.9. The first-order valence-corrected chi connectivity index (χ1v) is 10.6. The molecule has 0 aliphatic carbocycles. The van der Waals surface area contributed by atoms with Crippen LogP contribution in [0.3, 0.4) is 0 Å². The Labute approximate surface area is 196 Å². The first-order chi connectivity index (χ1) is 15.8. The topological polar surface area (TPSA) is 39.9 Å². The van der Waals surface area contributed by atoms with E-state index in [1.54, 1.807) is 41.1 Å². The molecule has 0 saturated carbocycles. The molecular formula is C24H14Cl2F3N3O. The lowest BCUT2D eigenvalue weighted by atomic mass is 10.1. The molecule has 0 radical (unpaired) electrons. The van der Waals surface area contributed by atoms with Crippen molar-refractivity contribution in [2.24, 2.45) is 0 Å². The molecule has 0 aliphatic heterocycles. The van der Waals surface area contributed by atoms with Gasteiger partial charge in [-0.15, -0.1) is 0 Å². The molecule has 0 bridgehead atoms. The summed E-state index contributed by atoms with van der Waals surface area (Å²) in [5, 5.41) is 6.91. The predicted octanol–water partition coefficient (Wildman–Crippen LogP) is 7.48. The molecule has 0 N–H and O–H groups in total. The van der Waals surface area contributed by atoms with Crippen molar-refractivity contribution >= 4 is 45.0 Å². The van der Waals surface area contributed by atoms with Crippen LogP contribution < -0.4 is 4.74 Å². The number of nitrogens with zero attached hydrogens (tertiary/aromatic N) is 3. The highest BCUT2D eigenvalue weighted by atomic mass is 35.5. The molecule has 0 aliphatic rings. The van der Waals surface area contributed by atoms with Crippen molar-refractivity contribution in [1.29, 1.82) is 0 Å². The summed E-state index contributed by atoms with van der Waals surface area (Å²) < 4.78 is 47.2. The summed E-state index contributed by atoms with van der Waals surface area (Å²) in [7, 11) is 0. The minimum absolute atomic E-state index is 0.197. The second kappa shape index (κ2) is 8.24. The fraction of sp³-hybridized carbons (Fsp3) is 0.0833. The first-order valence-electron chi connectivity index (χ1n) is 9.81. The van der Waals surface area contributed by atoms with Crippen molar-refractivity contribution in [3.05, 3.63) is 94.1 Å². The zero-order chi connectivity index (χ0) is 23.2. The van der Waals surface area contributed by atoms with Gasteiger partial charge in [0.2, 0.25) is 5.88 Å². The van der Waals surface area contributed by atoms with Crippen molar-refractivity contribution in [2.45, 2.75) is 12.8 Å². The van der Waals surface area contributed by atoms with Crippen LogP contribution >= 0.6 is 23.2 Å². The lowest BCUT2D eigenvalue weighted by Crippen LogP contribution is -2.04. The van der Waals surface area contributed by atoms with Gasteiger partial charge < -0.3 is 4.74 Å². The number of benzene rings is 3. The van der Waals surface area contributed by atoms with Crippen LogP contribution in [0.1, 0.15) is 11.1 Å². The Bertz CT molecular complexity index is 1460. The van der Waals surface area contributed by atoms with Crippen LogP contribution in [0.5, 0.6) is 5.88 Å². The number of hydrogen-bond acceptors (Lipinski definition) is 3. The summed E-state index contributed by atoms with van der Waals surface area (Å²) in [5.41, 5.74) is 1.48. The zero-order valence-corrected chi connectivity index (χ0v) is 18.3. The number of aromatic nitrogens is 3. The monoisotopic (exact) mass is 487 g/mol. The predicted molar refractivity (Wildman–Crippen MR) is 122 cm³/mol. The number of pyridine rings is 1. The molecule has 166 valence electrons. The van der Waals surface area contributed by atoms with Gasteiger partial charge in [0.1, 0.15) is 12.1 Å². The minimum Gasteiger partial charge on any atom is -0.472 e. The van der Waals surface area contributed by atoms with E-state index in [0.717, 1.165) is 17.7 Å². The Kier molecular flexibility index (Phi) is 5.38. The lowest BCUT2D eigenvalue weighted by molar-refractivity contribution is -0.137. The van der Waals surface area contributed by atoms with E-state index in [-0.39, 0.29) is 12.1 Å². The van der Waals surface area contributed by atoms with Gasteiger partial charge in [-0.25, -0.2) is 0 Å². The number of rotatable bonds is 4. The molecule has 3 aromatic carbocycles. The molecule has 4 nitrogen and oxygen atoms in total. The Morgan fingerprint density at radius 2 is 1.52 bits per heavy atom. The van der Waals surface area contributed by atoms with Gasteiger partial charge in [0.15, 0.2) is 0 Å². The maximum Gasteiger partial charge on any atom is 0.416 e. The number of hydrogen-bond donors (Lipinski definition) is 0. The van der Waals surface area contributed by atoms with E-state index in [2.05, 4.69) is 10.1 Å². The molecule has 2 heterocycles. The van der Waals surface area contributed by atoms with Crippen molar-refractivity contribution in [3.8, 4) is 11.6 Å². The number of halogens is 5. The third-order valence-electron chi connectivity index (χ3n) is 5.15. The van der Waals surface area contributed by atoms with E-state index in [1.165, 1.54) is 12.3 Å². The number of ether oxygens (including phenoxy) is 1. The Hall–Kier alpha value is -3.29. The van der Waals surface area contributed by atoms with E-state index in [1.807, 2.05) is 12.1 Å². The maximum absolute atomic E-state index is 13.2. The van der Waals surface area contributed by atoms with Crippen LogP contribution in [-0.4, -0.2) is 14.8 Å². The van der Waals surface area contributed by atoms with E-state index in [9.17, 15) is 13.2 Å². The SMILES string of the molecule is FC(F)(F)c1ccc2c(c1)ncc1c(OCc3ccc(Cl)cc3)n(-c3ccc(Cl)cc3)nc12. The standard InChI is InChI=1S/C24H14Cl2F3N3O/c25-16-4-1-14(2-5-16)13-33-23-20-12-30-21-11-15(24(27,28)29)3-10-19(21)22(20)31-32(23)18-8-6-17(26)7-9-18/h1-12H,13H2. The fourth-order valence-corrected chi connectivity index (χ4v) is 3.76. The van der Waals surface area contributed by atoms with Crippen molar-refractivity contribution in [1.82, 2.24) is 14.8 Å². The fourth-order valence-electron chi connectivity index (χ4n) is 3.51. The Morgan fingerprint density at radius 3 is 2.18 bits per heavy atom. The average molecular weight is 488 g/mol. The molecule has 5 rings (SSSR count). The summed E-state index contributed by atoms with van der Waals surface area (Å²) in [5.74, 6) is 0.413. The van der Waals surface area contributed by atoms with E-state index in [0.29, 0.717) is 37.9 Å². The molecule has 33 heavy (non-hydrogen) atoms. The number of fused-ring (bicyclic) bond motifs is 3.